The Kier molecular flexibility index (Phi) is 6.64. The maximum Gasteiger partial charge on any atom is 0.0375 e. The molecule has 2 heteroatoms. The van der Waals surface area contributed by atoms with E-state index in [1.54, 1.807) is 0 Å². The third kappa shape index (κ3) is 4.71. The molecule has 1 N–H and O–H groups in total. The fraction of sp³-hybridized carbons (Fsp3) is 0.600. The van der Waals surface area contributed by atoms with Gasteiger partial charge in [0.05, 0.1) is 0 Å². The number of anilines is 1. The Balaban J connectivity index is 2.76. The summed E-state index contributed by atoms with van der Waals surface area (Å²) in [5.41, 5.74) is 2.71. The van der Waals surface area contributed by atoms with Gasteiger partial charge in [0.15, 0.2) is 0 Å². The molecule has 0 radical (unpaired) electrons. The van der Waals surface area contributed by atoms with Crippen molar-refractivity contribution in [2.45, 2.75) is 58.9 Å². The molecule has 0 saturated carbocycles. The first-order valence-electron chi connectivity index (χ1n) is 6.76. The molecule has 0 atom stereocenters. The topological polar surface area (TPSA) is 12.0 Å². The van der Waals surface area contributed by atoms with Gasteiger partial charge in [-0.05, 0) is 43.0 Å². The Morgan fingerprint density at radius 3 is 2.29 bits per heavy atom. The molecule has 1 aromatic carbocycles. The van der Waals surface area contributed by atoms with Crippen LogP contribution in [0.4, 0.5) is 5.69 Å². The van der Waals surface area contributed by atoms with Gasteiger partial charge in [0, 0.05) is 16.2 Å². The third-order valence-corrected chi connectivity index (χ3v) is 3.58. The molecule has 0 aliphatic carbocycles. The van der Waals surface area contributed by atoms with E-state index in [4.69, 9.17) is 0 Å². The van der Waals surface area contributed by atoms with Crippen LogP contribution >= 0.6 is 15.9 Å². The molecule has 0 saturated heterocycles. The van der Waals surface area contributed by atoms with E-state index in [1.807, 2.05) is 0 Å². The lowest BCUT2D eigenvalue weighted by molar-refractivity contribution is 0.586. The van der Waals surface area contributed by atoms with Crippen LogP contribution in [-0.4, -0.2) is 6.04 Å². The Labute approximate surface area is 114 Å². The van der Waals surface area contributed by atoms with Crippen LogP contribution < -0.4 is 5.32 Å². The van der Waals surface area contributed by atoms with Crippen molar-refractivity contribution in [2.24, 2.45) is 0 Å². The van der Waals surface area contributed by atoms with Crippen LogP contribution in [0, 0.1) is 0 Å². The van der Waals surface area contributed by atoms with Crippen molar-refractivity contribution in [3.05, 3.63) is 28.2 Å². The quantitative estimate of drug-likeness (QED) is 0.711. The van der Waals surface area contributed by atoms with Gasteiger partial charge in [-0.25, -0.2) is 0 Å². The molecule has 0 unspecified atom stereocenters. The van der Waals surface area contributed by atoms with Gasteiger partial charge in [-0.2, -0.15) is 0 Å². The molecule has 17 heavy (non-hydrogen) atoms. The number of hydrogen-bond donors (Lipinski definition) is 1. The van der Waals surface area contributed by atoms with E-state index < -0.39 is 0 Å². The second-order valence-electron chi connectivity index (χ2n) is 4.57. The number of rotatable bonds is 7. The minimum Gasteiger partial charge on any atom is -0.382 e. The predicted molar refractivity (Wildman–Crippen MR) is 80.7 cm³/mol. The molecule has 0 heterocycles. The molecule has 0 aromatic heterocycles. The third-order valence-electron chi connectivity index (χ3n) is 3.08. The SMILES string of the molecule is CCCC(CCC)Nc1ccc(Br)cc1CC. The molecule has 0 bridgehead atoms. The van der Waals surface area contributed by atoms with Crippen LogP contribution in [0.25, 0.3) is 0 Å². The number of hydrogen-bond acceptors (Lipinski definition) is 1. The zero-order chi connectivity index (χ0) is 12.7. The van der Waals surface area contributed by atoms with E-state index in [2.05, 4.69) is 60.2 Å². The molecular formula is C15H24BrN. The smallest absolute Gasteiger partial charge is 0.0375 e. The average Bonchev–Trinajstić information content (AvgIpc) is 2.32. The minimum absolute atomic E-state index is 0.622. The summed E-state index contributed by atoms with van der Waals surface area (Å²) in [6.45, 7) is 6.72. The van der Waals surface area contributed by atoms with Crippen LogP contribution in [0.2, 0.25) is 0 Å². The van der Waals surface area contributed by atoms with Gasteiger partial charge in [0.2, 0.25) is 0 Å². The molecule has 1 aromatic rings. The first-order chi connectivity index (χ1) is 8.21. The summed E-state index contributed by atoms with van der Waals surface area (Å²) >= 11 is 3.54. The van der Waals surface area contributed by atoms with E-state index in [0.717, 1.165) is 6.42 Å². The number of aryl methyl sites for hydroxylation is 1. The summed E-state index contributed by atoms with van der Waals surface area (Å²) in [6.07, 6.45) is 6.08. The highest BCUT2D eigenvalue weighted by molar-refractivity contribution is 9.10. The lowest BCUT2D eigenvalue weighted by Gasteiger charge is -2.21. The van der Waals surface area contributed by atoms with E-state index >= 15 is 0 Å². The van der Waals surface area contributed by atoms with Crippen molar-refractivity contribution in [1.82, 2.24) is 0 Å². The first kappa shape index (κ1) is 14.6. The van der Waals surface area contributed by atoms with Crippen molar-refractivity contribution in [3.63, 3.8) is 0 Å². The normalized spacial score (nSPS) is 10.9. The van der Waals surface area contributed by atoms with Crippen molar-refractivity contribution in [1.29, 1.82) is 0 Å². The van der Waals surface area contributed by atoms with Gasteiger partial charge in [-0.15, -0.1) is 0 Å². The fourth-order valence-corrected chi connectivity index (χ4v) is 2.61. The average molecular weight is 298 g/mol. The summed E-state index contributed by atoms with van der Waals surface area (Å²) in [5, 5.41) is 3.71. The highest BCUT2D eigenvalue weighted by Crippen LogP contribution is 2.23. The Morgan fingerprint density at radius 1 is 1.12 bits per heavy atom. The Morgan fingerprint density at radius 2 is 1.76 bits per heavy atom. The van der Waals surface area contributed by atoms with Crippen LogP contribution in [0.5, 0.6) is 0 Å². The van der Waals surface area contributed by atoms with Crippen molar-refractivity contribution in [3.8, 4) is 0 Å². The van der Waals surface area contributed by atoms with Crippen LogP contribution in [-0.2, 0) is 6.42 Å². The van der Waals surface area contributed by atoms with Crippen molar-refractivity contribution < 1.29 is 0 Å². The molecule has 0 aliphatic rings. The summed E-state index contributed by atoms with van der Waals surface area (Å²) in [7, 11) is 0. The van der Waals surface area contributed by atoms with Crippen molar-refractivity contribution >= 4 is 21.6 Å². The van der Waals surface area contributed by atoms with Crippen LogP contribution in [0.1, 0.15) is 52.0 Å². The highest BCUT2D eigenvalue weighted by Gasteiger charge is 2.08. The lowest BCUT2D eigenvalue weighted by atomic mass is 10.0. The summed E-state index contributed by atoms with van der Waals surface area (Å²) in [6, 6.07) is 7.16. The largest absolute Gasteiger partial charge is 0.382 e. The van der Waals surface area contributed by atoms with Gasteiger partial charge in [0.1, 0.15) is 0 Å². The molecule has 0 fully saturated rings. The highest BCUT2D eigenvalue weighted by atomic mass is 79.9. The second-order valence-corrected chi connectivity index (χ2v) is 5.49. The molecule has 0 aliphatic heterocycles. The number of benzene rings is 1. The van der Waals surface area contributed by atoms with Gasteiger partial charge < -0.3 is 5.32 Å². The van der Waals surface area contributed by atoms with E-state index in [1.165, 1.54) is 41.4 Å². The van der Waals surface area contributed by atoms with E-state index in [-0.39, 0.29) is 0 Å². The molecule has 96 valence electrons. The zero-order valence-corrected chi connectivity index (χ0v) is 12.8. The van der Waals surface area contributed by atoms with E-state index in [9.17, 15) is 0 Å². The maximum atomic E-state index is 3.71. The Bertz CT molecular complexity index is 330. The van der Waals surface area contributed by atoms with Crippen LogP contribution in [0.3, 0.4) is 0 Å². The molecular weight excluding hydrogens is 274 g/mol. The van der Waals surface area contributed by atoms with Gasteiger partial charge >= 0.3 is 0 Å². The number of nitrogens with one attached hydrogen (secondary N) is 1. The first-order valence-corrected chi connectivity index (χ1v) is 7.55. The predicted octanol–water partition coefficient (Wildman–Crippen LogP) is 5.39. The fourth-order valence-electron chi connectivity index (χ4n) is 2.20. The van der Waals surface area contributed by atoms with E-state index in [0.29, 0.717) is 6.04 Å². The molecule has 1 rings (SSSR count). The van der Waals surface area contributed by atoms with Gasteiger partial charge in [-0.3, -0.25) is 0 Å². The maximum absolute atomic E-state index is 3.71. The second kappa shape index (κ2) is 7.75. The molecule has 0 spiro atoms. The summed E-state index contributed by atoms with van der Waals surface area (Å²) in [5.74, 6) is 0. The van der Waals surface area contributed by atoms with Crippen LogP contribution in [0.15, 0.2) is 22.7 Å². The Hall–Kier alpha value is -0.500. The minimum atomic E-state index is 0.622. The summed E-state index contributed by atoms with van der Waals surface area (Å²) in [4.78, 5) is 0. The van der Waals surface area contributed by atoms with Gasteiger partial charge in [0.25, 0.3) is 0 Å². The van der Waals surface area contributed by atoms with Gasteiger partial charge in [-0.1, -0.05) is 49.5 Å². The lowest BCUT2D eigenvalue weighted by Crippen LogP contribution is -2.19. The van der Waals surface area contributed by atoms with Crippen molar-refractivity contribution in [2.75, 3.05) is 5.32 Å². The summed E-state index contributed by atoms with van der Waals surface area (Å²) < 4.78 is 1.17. The standard InChI is InChI=1S/C15H24BrN/c1-4-7-14(8-5-2)17-15-10-9-13(16)11-12(15)6-3/h9-11,14,17H,4-8H2,1-3H3. The monoisotopic (exact) mass is 297 g/mol. The zero-order valence-electron chi connectivity index (χ0n) is 11.2. The molecule has 1 nitrogen and oxygen atoms in total. The number of halogens is 1. The molecule has 0 amide bonds.